The van der Waals surface area contributed by atoms with E-state index in [4.69, 9.17) is 0 Å². The first-order valence-electron chi connectivity index (χ1n) is 12.3. The number of hydrogen-bond donors (Lipinski definition) is 0. The molecule has 1 aliphatic rings. The zero-order valence-corrected chi connectivity index (χ0v) is 21.6. The van der Waals surface area contributed by atoms with E-state index in [1.165, 1.54) is 66.6 Å². The Morgan fingerprint density at radius 3 is 2.25 bits per heavy atom. The van der Waals surface area contributed by atoms with Crippen molar-refractivity contribution in [2.45, 2.75) is 97.8 Å². The summed E-state index contributed by atoms with van der Waals surface area (Å²) in [7, 11) is 1.40. The molecule has 0 aliphatic heterocycles. The van der Waals surface area contributed by atoms with Gasteiger partial charge in [0.15, 0.2) is 0 Å². The van der Waals surface area contributed by atoms with Crippen molar-refractivity contribution in [1.29, 1.82) is 0 Å². The summed E-state index contributed by atoms with van der Waals surface area (Å²) in [5.41, 5.74) is 2.80. The Hall–Kier alpha value is -1.94. The van der Waals surface area contributed by atoms with Gasteiger partial charge in [-0.1, -0.05) is 77.6 Å². The highest BCUT2D eigenvalue weighted by molar-refractivity contribution is 7.13. The molecule has 1 fully saturated rings. The average Bonchev–Trinajstić information content (AvgIpc) is 3.48. The van der Waals surface area contributed by atoms with Gasteiger partial charge in [-0.2, -0.15) is 0 Å². The first kappa shape index (κ1) is 28.1. The number of ketones is 1. The van der Waals surface area contributed by atoms with Gasteiger partial charge >= 0.3 is 5.97 Å². The Bertz CT molecular complexity index is 776. The maximum atomic E-state index is 11.3. The van der Waals surface area contributed by atoms with E-state index in [2.05, 4.69) is 42.8 Å². The maximum Gasteiger partial charge on any atom is 0.348 e. The quantitative estimate of drug-likeness (QED) is 0.281. The molecule has 1 atom stereocenters. The molecule has 1 aromatic carbocycles. The molecule has 1 heterocycles. The topological polar surface area (TPSA) is 43.4 Å². The van der Waals surface area contributed by atoms with Crippen molar-refractivity contribution in [1.82, 2.24) is 0 Å². The van der Waals surface area contributed by atoms with Crippen molar-refractivity contribution >= 4 is 23.1 Å². The van der Waals surface area contributed by atoms with Gasteiger partial charge in [0, 0.05) is 17.7 Å². The van der Waals surface area contributed by atoms with Crippen molar-refractivity contribution in [2.24, 2.45) is 0 Å². The molecule has 1 aliphatic carbocycles. The van der Waals surface area contributed by atoms with Crippen LogP contribution in [0.5, 0.6) is 0 Å². The fraction of sp³-hybridized carbons (Fsp3) is 0.571. The van der Waals surface area contributed by atoms with Crippen LogP contribution < -0.4 is 0 Å². The van der Waals surface area contributed by atoms with Crippen molar-refractivity contribution in [3.05, 3.63) is 57.3 Å². The molecular weight excluding hydrogens is 416 g/mol. The Morgan fingerprint density at radius 2 is 1.69 bits per heavy atom. The van der Waals surface area contributed by atoms with Crippen LogP contribution in [0.2, 0.25) is 0 Å². The van der Waals surface area contributed by atoms with E-state index in [0.29, 0.717) is 16.6 Å². The number of aryl methyl sites for hydroxylation is 2. The van der Waals surface area contributed by atoms with Gasteiger partial charge < -0.3 is 4.74 Å². The van der Waals surface area contributed by atoms with Crippen molar-refractivity contribution in [3.63, 3.8) is 0 Å². The molecule has 1 aromatic heterocycles. The van der Waals surface area contributed by atoms with Gasteiger partial charge in [-0.15, -0.1) is 11.3 Å². The summed E-state index contributed by atoms with van der Waals surface area (Å²) >= 11 is 1.52. The molecule has 3 nitrogen and oxygen atoms in total. The molecule has 178 valence electrons. The van der Waals surface area contributed by atoms with Gasteiger partial charge in [-0.25, -0.2) is 4.79 Å². The Kier molecular flexibility index (Phi) is 14.6. The molecule has 1 saturated carbocycles. The number of hydrogen-bond acceptors (Lipinski definition) is 4. The van der Waals surface area contributed by atoms with Gasteiger partial charge in [-0.05, 0) is 54.9 Å². The van der Waals surface area contributed by atoms with E-state index < -0.39 is 0 Å². The first-order valence-corrected chi connectivity index (χ1v) is 13.2. The zero-order valence-electron chi connectivity index (χ0n) is 20.7. The average molecular weight is 459 g/mol. The standard InChI is InChI=1S/C17H24O.C9H12O2S.C2H6/c1-2-3-4-5-6-14-7-9-15(10-8-14)16-11-12-17(18)13-16;1-3-4-7-5-6-8(12-7)9(10)11-2;1-2/h7-10,16H,2-6,11-13H2,1H3;5-6H,3-4H2,1-2H3;1-2H3/t16-;;/m0../s1. The van der Waals surface area contributed by atoms with Gasteiger partial charge in [0.05, 0.1) is 7.11 Å². The molecule has 0 spiro atoms. The number of methoxy groups -OCH3 is 1. The summed E-state index contributed by atoms with van der Waals surface area (Å²) < 4.78 is 4.60. The Morgan fingerprint density at radius 1 is 0.969 bits per heavy atom. The number of thiophene rings is 1. The number of carbonyl (C=O) groups is 2. The molecule has 3 rings (SSSR count). The smallest absolute Gasteiger partial charge is 0.348 e. The van der Waals surface area contributed by atoms with Crippen LogP contribution in [0.25, 0.3) is 0 Å². The highest BCUT2D eigenvalue weighted by atomic mass is 32.1. The Labute approximate surface area is 199 Å². The molecule has 0 N–H and O–H groups in total. The predicted octanol–water partition coefficient (Wildman–Crippen LogP) is 8.16. The fourth-order valence-electron chi connectivity index (χ4n) is 3.78. The van der Waals surface area contributed by atoms with E-state index in [1.807, 2.05) is 26.0 Å². The second kappa shape index (κ2) is 16.7. The number of benzene rings is 1. The lowest BCUT2D eigenvalue weighted by atomic mass is 9.95. The molecule has 0 saturated heterocycles. The second-order valence-corrected chi connectivity index (χ2v) is 9.21. The van der Waals surface area contributed by atoms with E-state index in [0.717, 1.165) is 32.1 Å². The van der Waals surface area contributed by atoms with E-state index in [-0.39, 0.29) is 5.97 Å². The number of Topliss-reactive ketones (excluding diaryl/α,β-unsaturated/α-hetero) is 1. The van der Waals surface area contributed by atoms with Crippen LogP contribution in [0.3, 0.4) is 0 Å². The number of esters is 1. The summed E-state index contributed by atoms with van der Waals surface area (Å²) in [6.07, 6.45) is 11.2. The van der Waals surface area contributed by atoms with Gasteiger partial charge in [0.25, 0.3) is 0 Å². The van der Waals surface area contributed by atoms with Crippen molar-refractivity contribution in [3.8, 4) is 0 Å². The lowest BCUT2D eigenvalue weighted by Gasteiger charge is -2.09. The molecule has 4 heteroatoms. The Balaban J connectivity index is 0.000000318. The minimum atomic E-state index is -0.234. The van der Waals surface area contributed by atoms with E-state index in [9.17, 15) is 9.59 Å². The predicted molar refractivity (Wildman–Crippen MR) is 137 cm³/mol. The highest BCUT2D eigenvalue weighted by Gasteiger charge is 2.23. The van der Waals surface area contributed by atoms with Gasteiger partial charge in [0.1, 0.15) is 10.7 Å². The molecular formula is C28H42O3S. The summed E-state index contributed by atoms with van der Waals surface area (Å²) in [4.78, 5) is 24.3. The normalized spacial score (nSPS) is 14.8. The SMILES string of the molecule is CC.CCCCCCc1ccc([C@H]2CCC(=O)C2)cc1.CCCc1ccc(C(=O)OC)s1. The summed E-state index contributed by atoms with van der Waals surface area (Å²) in [6, 6.07) is 12.8. The second-order valence-electron chi connectivity index (χ2n) is 8.04. The van der Waals surface area contributed by atoms with Gasteiger partial charge in [0.2, 0.25) is 0 Å². The third kappa shape index (κ3) is 10.1. The molecule has 0 radical (unpaired) electrons. The summed E-state index contributed by atoms with van der Waals surface area (Å²) in [6.45, 7) is 8.37. The van der Waals surface area contributed by atoms with Crippen molar-refractivity contribution in [2.75, 3.05) is 7.11 Å². The number of carbonyl (C=O) groups excluding carboxylic acids is 2. The van der Waals surface area contributed by atoms with Crippen molar-refractivity contribution < 1.29 is 14.3 Å². The van der Waals surface area contributed by atoms with Crippen LogP contribution in [0.1, 0.15) is 111 Å². The lowest BCUT2D eigenvalue weighted by Crippen LogP contribution is -1.96. The van der Waals surface area contributed by atoms with Crippen LogP contribution in [0, 0.1) is 0 Å². The van der Waals surface area contributed by atoms with Gasteiger partial charge in [-0.3, -0.25) is 4.79 Å². The van der Waals surface area contributed by atoms with E-state index in [1.54, 1.807) is 0 Å². The third-order valence-electron chi connectivity index (χ3n) is 5.56. The largest absolute Gasteiger partial charge is 0.465 e. The fourth-order valence-corrected chi connectivity index (χ4v) is 4.81. The number of rotatable bonds is 9. The monoisotopic (exact) mass is 458 g/mol. The first-order chi connectivity index (χ1) is 15.6. The molecule has 0 amide bonds. The minimum absolute atomic E-state index is 0.234. The van der Waals surface area contributed by atoms with Crippen LogP contribution in [-0.4, -0.2) is 18.9 Å². The van der Waals surface area contributed by atoms with Crippen LogP contribution in [-0.2, 0) is 22.4 Å². The molecule has 32 heavy (non-hydrogen) atoms. The van der Waals surface area contributed by atoms with Crippen LogP contribution >= 0.6 is 11.3 Å². The third-order valence-corrected chi connectivity index (χ3v) is 6.69. The molecule has 0 bridgehead atoms. The molecule has 2 aromatic rings. The summed E-state index contributed by atoms with van der Waals surface area (Å²) in [5.74, 6) is 0.692. The zero-order chi connectivity index (χ0) is 23.8. The number of unbranched alkanes of at least 4 members (excludes halogenated alkanes) is 3. The summed E-state index contributed by atoms with van der Waals surface area (Å²) in [5, 5.41) is 0. The highest BCUT2D eigenvalue weighted by Crippen LogP contribution is 2.32. The lowest BCUT2D eigenvalue weighted by molar-refractivity contribution is -0.117. The molecule has 0 unspecified atom stereocenters. The van der Waals surface area contributed by atoms with Crippen LogP contribution in [0.15, 0.2) is 36.4 Å². The van der Waals surface area contributed by atoms with E-state index >= 15 is 0 Å². The minimum Gasteiger partial charge on any atom is -0.465 e. The van der Waals surface area contributed by atoms with Crippen LogP contribution in [0.4, 0.5) is 0 Å². The maximum absolute atomic E-state index is 11.3. The number of ether oxygens (including phenoxy) is 1.